The topological polar surface area (TPSA) is 38.8 Å². The fourth-order valence-electron chi connectivity index (χ4n) is 2.79. The lowest BCUT2D eigenvalue weighted by Gasteiger charge is -2.21. The molecular weight excluding hydrogens is 290 g/mol. The summed E-state index contributed by atoms with van der Waals surface area (Å²) in [5, 5.41) is 0. The van der Waals surface area contributed by atoms with Crippen LogP contribution in [0.15, 0.2) is 36.4 Å². The van der Waals surface area contributed by atoms with Gasteiger partial charge < -0.3 is 14.4 Å². The summed E-state index contributed by atoms with van der Waals surface area (Å²) >= 11 is 0. The molecule has 0 radical (unpaired) electrons. The van der Waals surface area contributed by atoms with Crippen molar-refractivity contribution >= 4 is 5.91 Å². The number of ether oxygens (including phenoxy) is 2. The molecule has 0 unspecified atom stereocenters. The standard InChI is InChI=1S/C19H21NO3/c1-13-4-6-16(14(2)10-13)19(21)20(3)12-15-5-7-17-18(11-15)23-9-8-22-17/h4-7,10-11H,8-9,12H2,1-3H3. The molecule has 3 rings (SSSR count). The van der Waals surface area contributed by atoms with Crippen LogP contribution in [0.3, 0.4) is 0 Å². The largest absolute Gasteiger partial charge is 0.486 e. The smallest absolute Gasteiger partial charge is 0.254 e. The third kappa shape index (κ3) is 3.31. The molecule has 0 N–H and O–H groups in total. The second-order valence-electron chi connectivity index (χ2n) is 5.96. The van der Waals surface area contributed by atoms with E-state index in [0.29, 0.717) is 19.8 Å². The van der Waals surface area contributed by atoms with Crippen molar-refractivity contribution in [3.05, 3.63) is 58.7 Å². The Bertz CT molecular complexity index is 739. The third-order valence-corrected chi connectivity index (χ3v) is 3.99. The van der Waals surface area contributed by atoms with E-state index < -0.39 is 0 Å². The first-order valence-electron chi connectivity index (χ1n) is 7.76. The summed E-state index contributed by atoms with van der Waals surface area (Å²) in [4.78, 5) is 14.4. The minimum absolute atomic E-state index is 0.0254. The maximum atomic E-state index is 12.6. The highest BCUT2D eigenvalue weighted by atomic mass is 16.6. The Kier molecular flexibility index (Phi) is 4.24. The molecule has 2 aromatic carbocycles. The molecule has 23 heavy (non-hydrogen) atoms. The molecule has 0 aromatic heterocycles. The van der Waals surface area contributed by atoms with Gasteiger partial charge in [-0.1, -0.05) is 23.8 Å². The van der Waals surface area contributed by atoms with Crippen LogP contribution in [0.25, 0.3) is 0 Å². The number of amides is 1. The number of aryl methyl sites for hydroxylation is 2. The van der Waals surface area contributed by atoms with Gasteiger partial charge in [-0.15, -0.1) is 0 Å². The molecule has 4 heteroatoms. The number of hydrogen-bond acceptors (Lipinski definition) is 3. The average Bonchev–Trinajstić information content (AvgIpc) is 2.54. The number of rotatable bonds is 3. The molecule has 2 aromatic rings. The van der Waals surface area contributed by atoms with Crippen molar-refractivity contribution in [1.82, 2.24) is 4.90 Å². The molecule has 120 valence electrons. The molecular formula is C19H21NO3. The molecule has 0 aliphatic carbocycles. The van der Waals surface area contributed by atoms with E-state index >= 15 is 0 Å². The van der Waals surface area contributed by atoms with Gasteiger partial charge in [0.25, 0.3) is 5.91 Å². The van der Waals surface area contributed by atoms with Gasteiger partial charge in [0.05, 0.1) is 0 Å². The number of nitrogens with zero attached hydrogens (tertiary/aromatic N) is 1. The minimum atomic E-state index is 0.0254. The normalized spacial score (nSPS) is 12.8. The Balaban J connectivity index is 1.75. The van der Waals surface area contributed by atoms with Crippen molar-refractivity contribution in [2.45, 2.75) is 20.4 Å². The summed E-state index contributed by atoms with van der Waals surface area (Å²) in [6.07, 6.45) is 0. The van der Waals surface area contributed by atoms with Crippen LogP contribution < -0.4 is 9.47 Å². The zero-order valence-electron chi connectivity index (χ0n) is 13.8. The molecule has 4 nitrogen and oxygen atoms in total. The van der Waals surface area contributed by atoms with E-state index in [2.05, 4.69) is 0 Å². The molecule has 0 fully saturated rings. The molecule has 1 aliphatic rings. The van der Waals surface area contributed by atoms with Crippen molar-refractivity contribution in [3.8, 4) is 11.5 Å². The molecule has 1 heterocycles. The summed E-state index contributed by atoms with van der Waals surface area (Å²) in [5.74, 6) is 1.54. The van der Waals surface area contributed by atoms with Crippen molar-refractivity contribution < 1.29 is 14.3 Å². The average molecular weight is 311 g/mol. The fourth-order valence-corrected chi connectivity index (χ4v) is 2.79. The van der Waals surface area contributed by atoms with Gasteiger partial charge in [-0.05, 0) is 43.2 Å². The van der Waals surface area contributed by atoms with E-state index in [1.54, 1.807) is 4.90 Å². The molecule has 1 amide bonds. The summed E-state index contributed by atoms with van der Waals surface area (Å²) in [7, 11) is 1.82. The maximum absolute atomic E-state index is 12.6. The van der Waals surface area contributed by atoms with E-state index in [-0.39, 0.29) is 5.91 Å². The lowest BCUT2D eigenvalue weighted by Crippen LogP contribution is -2.27. The van der Waals surface area contributed by atoms with E-state index in [0.717, 1.165) is 33.8 Å². The Hall–Kier alpha value is -2.49. The van der Waals surface area contributed by atoms with Gasteiger partial charge in [-0.2, -0.15) is 0 Å². The van der Waals surface area contributed by atoms with Crippen LogP contribution in [0.5, 0.6) is 11.5 Å². The molecule has 0 spiro atoms. The Morgan fingerprint density at radius 2 is 1.78 bits per heavy atom. The number of carbonyl (C=O) groups is 1. The second kappa shape index (κ2) is 6.32. The predicted molar refractivity (Wildman–Crippen MR) is 89.1 cm³/mol. The quantitative estimate of drug-likeness (QED) is 0.872. The van der Waals surface area contributed by atoms with Gasteiger partial charge in [0, 0.05) is 19.2 Å². The molecule has 0 saturated heterocycles. The summed E-state index contributed by atoms with van der Waals surface area (Å²) < 4.78 is 11.1. The second-order valence-corrected chi connectivity index (χ2v) is 5.96. The molecule has 1 aliphatic heterocycles. The van der Waals surface area contributed by atoms with Crippen LogP contribution in [-0.4, -0.2) is 31.1 Å². The van der Waals surface area contributed by atoms with E-state index in [4.69, 9.17) is 9.47 Å². The van der Waals surface area contributed by atoms with Crippen molar-refractivity contribution in [1.29, 1.82) is 0 Å². The summed E-state index contributed by atoms with van der Waals surface area (Å²) in [5.41, 5.74) is 3.93. The Labute approximate surface area is 136 Å². The third-order valence-electron chi connectivity index (χ3n) is 3.99. The van der Waals surface area contributed by atoms with Crippen LogP contribution in [0, 0.1) is 13.8 Å². The van der Waals surface area contributed by atoms with Gasteiger partial charge in [-0.3, -0.25) is 4.79 Å². The monoisotopic (exact) mass is 311 g/mol. The number of hydrogen-bond donors (Lipinski definition) is 0. The zero-order chi connectivity index (χ0) is 16.4. The van der Waals surface area contributed by atoms with Crippen LogP contribution in [-0.2, 0) is 6.54 Å². The first-order valence-corrected chi connectivity index (χ1v) is 7.76. The highest BCUT2D eigenvalue weighted by Gasteiger charge is 2.16. The fraction of sp³-hybridized carbons (Fsp3) is 0.316. The van der Waals surface area contributed by atoms with Crippen LogP contribution in [0.4, 0.5) is 0 Å². The molecule has 0 atom stereocenters. The van der Waals surface area contributed by atoms with Gasteiger partial charge in [0.2, 0.25) is 0 Å². The van der Waals surface area contributed by atoms with Gasteiger partial charge in [0.15, 0.2) is 11.5 Å². The lowest BCUT2D eigenvalue weighted by molar-refractivity contribution is 0.0784. The summed E-state index contributed by atoms with van der Waals surface area (Å²) in [6, 6.07) is 11.7. The molecule has 0 bridgehead atoms. The van der Waals surface area contributed by atoms with E-state index in [9.17, 15) is 4.79 Å². The number of fused-ring (bicyclic) bond motifs is 1. The maximum Gasteiger partial charge on any atom is 0.254 e. The first kappa shape index (κ1) is 15.4. The molecule has 0 saturated carbocycles. The lowest BCUT2D eigenvalue weighted by atomic mass is 10.0. The first-order chi connectivity index (χ1) is 11.0. The van der Waals surface area contributed by atoms with Gasteiger partial charge in [-0.25, -0.2) is 0 Å². The number of benzene rings is 2. The van der Waals surface area contributed by atoms with Gasteiger partial charge >= 0.3 is 0 Å². The highest BCUT2D eigenvalue weighted by Crippen LogP contribution is 2.31. The predicted octanol–water partition coefficient (Wildman–Crippen LogP) is 3.35. The van der Waals surface area contributed by atoms with Crippen LogP contribution in [0.1, 0.15) is 27.0 Å². The SMILES string of the molecule is Cc1ccc(C(=O)N(C)Cc2ccc3c(c2)OCCO3)c(C)c1. The summed E-state index contributed by atoms with van der Waals surface area (Å²) in [6.45, 7) is 5.67. The van der Waals surface area contributed by atoms with Crippen molar-refractivity contribution in [3.63, 3.8) is 0 Å². The van der Waals surface area contributed by atoms with E-state index in [1.165, 1.54) is 0 Å². The van der Waals surface area contributed by atoms with Crippen molar-refractivity contribution in [2.75, 3.05) is 20.3 Å². The van der Waals surface area contributed by atoms with Gasteiger partial charge in [0.1, 0.15) is 13.2 Å². The number of carbonyl (C=O) groups excluding carboxylic acids is 1. The highest BCUT2D eigenvalue weighted by molar-refractivity contribution is 5.95. The zero-order valence-corrected chi connectivity index (χ0v) is 13.8. The van der Waals surface area contributed by atoms with Crippen LogP contribution >= 0.6 is 0 Å². The van der Waals surface area contributed by atoms with Crippen molar-refractivity contribution in [2.24, 2.45) is 0 Å². The van der Waals surface area contributed by atoms with Crippen LogP contribution in [0.2, 0.25) is 0 Å². The Morgan fingerprint density at radius 3 is 2.52 bits per heavy atom. The Morgan fingerprint density at radius 1 is 1.04 bits per heavy atom. The van der Waals surface area contributed by atoms with E-state index in [1.807, 2.05) is 57.3 Å². The minimum Gasteiger partial charge on any atom is -0.486 e.